The highest BCUT2D eigenvalue weighted by Crippen LogP contribution is 2.24. The van der Waals surface area contributed by atoms with Crippen molar-refractivity contribution in [3.63, 3.8) is 0 Å². The lowest BCUT2D eigenvalue weighted by Crippen LogP contribution is -2.30. The van der Waals surface area contributed by atoms with Crippen molar-refractivity contribution >= 4 is 5.97 Å². The Balaban J connectivity index is 1.93. The Morgan fingerprint density at radius 3 is 1.96 bits per heavy atom. The molecule has 1 saturated carbocycles. The van der Waals surface area contributed by atoms with Gasteiger partial charge in [0.2, 0.25) is 0 Å². The summed E-state index contributed by atoms with van der Waals surface area (Å²) in [6, 6.07) is 0. The van der Waals surface area contributed by atoms with Crippen LogP contribution in [-0.2, 0) is 9.53 Å². The summed E-state index contributed by atoms with van der Waals surface area (Å²) in [4.78, 5) is 14.5. The van der Waals surface area contributed by atoms with Gasteiger partial charge < -0.3 is 9.64 Å². The SMILES string of the molecule is CCCCCCCCCCCCN(CC)CCOC(=O)C1CCCCC1. The Hall–Kier alpha value is -0.570. The molecule has 0 aliphatic heterocycles. The quantitative estimate of drug-likeness (QED) is 0.235. The van der Waals surface area contributed by atoms with Crippen molar-refractivity contribution < 1.29 is 9.53 Å². The molecule has 0 spiro atoms. The molecule has 0 heterocycles. The molecule has 3 nitrogen and oxygen atoms in total. The molecule has 1 rings (SSSR count). The van der Waals surface area contributed by atoms with E-state index < -0.39 is 0 Å². The molecule has 1 fully saturated rings. The van der Waals surface area contributed by atoms with Gasteiger partial charge in [0.05, 0.1) is 5.92 Å². The molecule has 0 aromatic heterocycles. The largest absolute Gasteiger partial charge is 0.464 e. The molecule has 0 amide bonds. The first-order valence-electron chi connectivity index (χ1n) is 11.7. The molecule has 0 atom stereocenters. The highest BCUT2D eigenvalue weighted by molar-refractivity contribution is 5.72. The Morgan fingerprint density at radius 1 is 0.808 bits per heavy atom. The zero-order chi connectivity index (χ0) is 18.9. The number of unbranched alkanes of at least 4 members (excludes halogenated alkanes) is 9. The first-order valence-corrected chi connectivity index (χ1v) is 11.7. The van der Waals surface area contributed by atoms with Gasteiger partial charge in [0.15, 0.2) is 0 Å². The van der Waals surface area contributed by atoms with Crippen LogP contribution < -0.4 is 0 Å². The Kier molecular flexibility index (Phi) is 15.0. The van der Waals surface area contributed by atoms with E-state index >= 15 is 0 Å². The molecule has 26 heavy (non-hydrogen) atoms. The minimum absolute atomic E-state index is 0.0553. The second kappa shape index (κ2) is 16.6. The van der Waals surface area contributed by atoms with Crippen LogP contribution in [0.3, 0.4) is 0 Å². The monoisotopic (exact) mass is 367 g/mol. The fourth-order valence-electron chi connectivity index (χ4n) is 3.98. The molecular weight excluding hydrogens is 322 g/mol. The fraction of sp³-hybridized carbons (Fsp3) is 0.957. The van der Waals surface area contributed by atoms with E-state index in [4.69, 9.17) is 4.74 Å². The van der Waals surface area contributed by atoms with E-state index in [0.717, 1.165) is 32.5 Å². The minimum atomic E-state index is 0.0553. The lowest BCUT2D eigenvalue weighted by molar-refractivity contribution is -0.150. The second-order valence-electron chi connectivity index (χ2n) is 8.12. The number of nitrogens with zero attached hydrogens (tertiary/aromatic N) is 1. The highest BCUT2D eigenvalue weighted by Gasteiger charge is 2.22. The van der Waals surface area contributed by atoms with Gasteiger partial charge in [-0.15, -0.1) is 0 Å². The maximum Gasteiger partial charge on any atom is 0.308 e. The van der Waals surface area contributed by atoms with Gasteiger partial charge in [-0.25, -0.2) is 0 Å². The van der Waals surface area contributed by atoms with Gasteiger partial charge >= 0.3 is 5.97 Å². The lowest BCUT2D eigenvalue weighted by Gasteiger charge is -2.22. The van der Waals surface area contributed by atoms with E-state index in [-0.39, 0.29) is 11.9 Å². The van der Waals surface area contributed by atoms with Crippen LogP contribution in [0.25, 0.3) is 0 Å². The average Bonchev–Trinajstić information content (AvgIpc) is 2.68. The summed E-state index contributed by atoms with van der Waals surface area (Å²) in [5, 5.41) is 0. The van der Waals surface area contributed by atoms with E-state index in [9.17, 15) is 4.79 Å². The maximum absolute atomic E-state index is 12.1. The number of esters is 1. The first-order chi connectivity index (χ1) is 12.8. The van der Waals surface area contributed by atoms with Gasteiger partial charge in [-0.3, -0.25) is 4.79 Å². The van der Waals surface area contributed by atoms with Crippen molar-refractivity contribution in [1.82, 2.24) is 4.90 Å². The summed E-state index contributed by atoms with van der Waals surface area (Å²) in [5.74, 6) is 0.237. The Morgan fingerprint density at radius 2 is 1.38 bits per heavy atom. The first kappa shape index (κ1) is 23.5. The number of likely N-dealkylation sites (N-methyl/N-ethyl adjacent to an activating group) is 1. The number of carbonyl (C=O) groups is 1. The topological polar surface area (TPSA) is 29.5 Å². The summed E-state index contributed by atoms with van der Waals surface area (Å²) in [6.07, 6.45) is 19.6. The molecule has 1 aliphatic rings. The number of rotatable bonds is 16. The van der Waals surface area contributed by atoms with Crippen molar-refractivity contribution in [3.8, 4) is 0 Å². The molecule has 0 radical (unpaired) electrons. The predicted octanol–water partition coefficient (Wildman–Crippen LogP) is 6.35. The van der Waals surface area contributed by atoms with Gasteiger partial charge in [0.1, 0.15) is 6.61 Å². The fourth-order valence-corrected chi connectivity index (χ4v) is 3.98. The third-order valence-corrected chi connectivity index (χ3v) is 5.87. The third-order valence-electron chi connectivity index (χ3n) is 5.87. The van der Waals surface area contributed by atoms with Crippen LogP contribution in [0.4, 0.5) is 0 Å². The van der Waals surface area contributed by atoms with Crippen LogP contribution in [-0.4, -0.2) is 37.1 Å². The zero-order valence-corrected chi connectivity index (χ0v) is 17.8. The molecular formula is C23H45NO2. The normalized spacial score (nSPS) is 15.5. The second-order valence-corrected chi connectivity index (χ2v) is 8.12. The molecule has 0 aromatic rings. The van der Waals surface area contributed by atoms with Crippen LogP contribution in [0.15, 0.2) is 0 Å². The molecule has 3 heteroatoms. The standard InChI is InChI=1S/C23H45NO2/c1-3-5-6-7-8-9-10-11-12-16-19-24(4-2)20-21-26-23(25)22-17-14-13-15-18-22/h22H,3-21H2,1-2H3. The van der Waals surface area contributed by atoms with Crippen molar-refractivity contribution in [3.05, 3.63) is 0 Å². The van der Waals surface area contributed by atoms with Crippen molar-refractivity contribution in [2.45, 2.75) is 110 Å². The van der Waals surface area contributed by atoms with Crippen molar-refractivity contribution in [2.75, 3.05) is 26.2 Å². The molecule has 0 N–H and O–H groups in total. The summed E-state index contributed by atoms with van der Waals surface area (Å²) in [5.41, 5.74) is 0. The molecule has 0 saturated heterocycles. The van der Waals surface area contributed by atoms with Crippen LogP contribution in [0.5, 0.6) is 0 Å². The molecule has 1 aliphatic carbocycles. The zero-order valence-electron chi connectivity index (χ0n) is 17.8. The predicted molar refractivity (Wildman–Crippen MR) is 111 cm³/mol. The van der Waals surface area contributed by atoms with E-state index in [1.165, 1.54) is 83.5 Å². The summed E-state index contributed by atoms with van der Waals surface area (Å²) in [6.45, 7) is 8.15. The van der Waals surface area contributed by atoms with Gasteiger partial charge in [-0.1, -0.05) is 90.9 Å². The van der Waals surface area contributed by atoms with Crippen LogP contribution >= 0.6 is 0 Å². The number of hydrogen-bond acceptors (Lipinski definition) is 3. The lowest BCUT2D eigenvalue weighted by atomic mass is 9.89. The number of hydrogen-bond donors (Lipinski definition) is 0. The van der Waals surface area contributed by atoms with Crippen molar-refractivity contribution in [2.24, 2.45) is 5.92 Å². The van der Waals surface area contributed by atoms with Gasteiger partial charge in [-0.05, 0) is 32.4 Å². The molecule has 0 unspecified atom stereocenters. The van der Waals surface area contributed by atoms with Crippen molar-refractivity contribution in [1.29, 1.82) is 0 Å². The van der Waals surface area contributed by atoms with E-state index in [1.807, 2.05) is 0 Å². The number of ether oxygens (including phenoxy) is 1. The molecule has 0 bridgehead atoms. The third kappa shape index (κ3) is 11.9. The maximum atomic E-state index is 12.1. The summed E-state index contributed by atoms with van der Waals surface area (Å²) >= 11 is 0. The Bertz CT molecular complexity index is 326. The highest BCUT2D eigenvalue weighted by atomic mass is 16.5. The van der Waals surface area contributed by atoms with Gasteiger partial charge in [0.25, 0.3) is 0 Å². The van der Waals surface area contributed by atoms with Gasteiger partial charge in [0, 0.05) is 6.54 Å². The molecule has 154 valence electrons. The minimum Gasteiger partial charge on any atom is -0.464 e. The van der Waals surface area contributed by atoms with Gasteiger partial charge in [-0.2, -0.15) is 0 Å². The molecule has 0 aromatic carbocycles. The van der Waals surface area contributed by atoms with Crippen LogP contribution in [0, 0.1) is 5.92 Å². The van der Waals surface area contributed by atoms with E-state index in [2.05, 4.69) is 18.7 Å². The van der Waals surface area contributed by atoms with Crippen LogP contribution in [0.1, 0.15) is 110 Å². The number of carbonyl (C=O) groups excluding carboxylic acids is 1. The van der Waals surface area contributed by atoms with Crippen LogP contribution in [0.2, 0.25) is 0 Å². The van der Waals surface area contributed by atoms with E-state index in [1.54, 1.807) is 0 Å². The summed E-state index contributed by atoms with van der Waals surface area (Å²) in [7, 11) is 0. The Labute approximate surface area is 163 Å². The smallest absolute Gasteiger partial charge is 0.308 e. The average molecular weight is 368 g/mol. The summed E-state index contributed by atoms with van der Waals surface area (Å²) < 4.78 is 5.53. The van der Waals surface area contributed by atoms with E-state index in [0.29, 0.717) is 6.61 Å².